The Balaban J connectivity index is 1.39. The molecule has 0 aliphatic carbocycles. The van der Waals surface area contributed by atoms with Crippen molar-refractivity contribution < 1.29 is 14.3 Å². The molecule has 0 saturated carbocycles. The molecule has 32 heavy (non-hydrogen) atoms. The zero-order valence-electron chi connectivity index (χ0n) is 18.5. The molecule has 7 nitrogen and oxygen atoms in total. The Morgan fingerprint density at radius 1 is 0.969 bits per heavy atom. The highest BCUT2D eigenvalue weighted by molar-refractivity contribution is 6.04. The standard InChI is InChI=1S/C25H28N4O3/c1-28(2)14-15-29(3)25-27-22-17-19(12-13-23(22)32-25)26-24(30)18-8-7-11-21(16-18)31-20-9-5-4-6-10-20/h4-13,16-17,25,27H,14-15H2,1-3H3,(H,26,30). The lowest BCUT2D eigenvalue weighted by atomic mass is 10.2. The molecule has 2 N–H and O–H groups in total. The predicted octanol–water partition coefficient (Wildman–Crippen LogP) is 4.31. The Labute approximate surface area is 188 Å². The highest BCUT2D eigenvalue weighted by Crippen LogP contribution is 2.35. The Kier molecular flexibility index (Phi) is 6.58. The zero-order valence-corrected chi connectivity index (χ0v) is 18.5. The average molecular weight is 433 g/mol. The van der Waals surface area contributed by atoms with Crippen LogP contribution in [0.3, 0.4) is 0 Å². The van der Waals surface area contributed by atoms with Gasteiger partial charge in [-0.25, -0.2) is 0 Å². The van der Waals surface area contributed by atoms with E-state index in [0.717, 1.165) is 30.3 Å². The maximum atomic E-state index is 12.8. The molecule has 1 aliphatic heterocycles. The van der Waals surface area contributed by atoms with Gasteiger partial charge in [0.25, 0.3) is 5.91 Å². The number of hydrogen-bond acceptors (Lipinski definition) is 6. The molecule has 1 heterocycles. The van der Waals surface area contributed by atoms with E-state index in [-0.39, 0.29) is 12.3 Å². The maximum Gasteiger partial charge on any atom is 0.255 e. The van der Waals surface area contributed by atoms with Gasteiger partial charge in [-0.1, -0.05) is 24.3 Å². The molecule has 7 heteroatoms. The van der Waals surface area contributed by atoms with Gasteiger partial charge in [0.2, 0.25) is 6.35 Å². The Bertz CT molecular complexity index is 1070. The lowest BCUT2D eigenvalue weighted by molar-refractivity contribution is 0.0772. The summed E-state index contributed by atoms with van der Waals surface area (Å²) in [6.45, 7) is 1.80. The van der Waals surface area contributed by atoms with Gasteiger partial charge >= 0.3 is 0 Å². The summed E-state index contributed by atoms with van der Waals surface area (Å²) in [6, 6.07) is 22.2. The van der Waals surface area contributed by atoms with Gasteiger partial charge in [0.1, 0.15) is 17.2 Å². The third kappa shape index (κ3) is 5.38. The van der Waals surface area contributed by atoms with Gasteiger partial charge in [-0.3, -0.25) is 9.69 Å². The Morgan fingerprint density at radius 2 is 1.75 bits per heavy atom. The highest BCUT2D eigenvalue weighted by Gasteiger charge is 2.25. The molecular formula is C25H28N4O3. The first-order chi connectivity index (χ1) is 15.5. The summed E-state index contributed by atoms with van der Waals surface area (Å²) in [6.07, 6.45) is -0.234. The van der Waals surface area contributed by atoms with Crippen LogP contribution in [-0.2, 0) is 0 Å². The van der Waals surface area contributed by atoms with Crippen LogP contribution in [0.4, 0.5) is 11.4 Å². The van der Waals surface area contributed by atoms with E-state index in [1.54, 1.807) is 18.2 Å². The molecule has 0 aromatic heterocycles. The van der Waals surface area contributed by atoms with Gasteiger partial charge in [-0.2, -0.15) is 0 Å². The highest BCUT2D eigenvalue weighted by atomic mass is 16.5. The number of carbonyl (C=O) groups is 1. The molecule has 3 aromatic rings. The predicted molar refractivity (Wildman–Crippen MR) is 127 cm³/mol. The van der Waals surface area contributed by atoms with E-state index in [1.807, 2.05) is 75.7 Å². The maximum absolute atomic E-state index is 12.8. The van der Waals surface area contributed by atoms with Crippen LogP contribution in [0.15, 0.2) is 72.8 Å². The molecule has 3 aromatic carbocycles. The molecule has 4 rings (SSSR count). The van der Waals surface area contributed by atoms with E-state index in [9.17, 15) is 4.79 Å². The molecule has 1 aliphatic rings. The van der Waals surface area contributed by atoms with E-state index < -0.39 is 0 Å². The number of para-hydroxylation sites is 1. The van der Waals surface area contributed by atoms with Gasteiger partial charge in [0, 0.05) is 24.3 Å². The molecule has 1 amide bonds. The van der Waals surface area contributed by atoms with Crippen molar-refractivity contribution in [3.8, 4) is 17.2 Å². The minimum absolute atomic E-state index is 0.206. The van der Waals surface area contributed by atoms with Crippen LogP contribution in [0.5, 0.6) is 17.2 Å². The fourth-order valence-corrected chi connectivity index (χ4v) is 3.31. The van der Waals surface area contributed by atoms with E-state index in [4.69, 9.17) is 9.47 Å². The largest absolute Gasteiger partial charge is 0.457 e. The van der Waals surface area contributed by atoms with E-state index in [1.165, 1.54) is 0 Å². The number of likely N-dealkylation sites (N-methyl/N-ethyl adjacent to an activating group) is 2. The molecule has 0 saturated heterocycles. The number of amides is 1. The lowest BCUT2D eigenvalue weighted by Gasteiger charge is -2.25. The van der Waals surface area contributed by atoms with E-state index in [2.05, 4.69) is 20.4 Å². The second-order valence-corrected chi connectivity index (χ2v) is 8.01. The fraction of sp³-hybridized carbons (Fsp3) is 0.240. The van der Waals surface area contributed by atoms with E-state index >= 15 is 0 Å². The summed E-state index contributed by atoms with van der Waals surface area (Å²) in [7, 11) is 6.11. The number of nitrogens with one attached hydrogen (secondary N) is 2. The monoisotopic (exact) mass is 432 g/mol. The molecule has 0 radical (unpaired) electrons. The van der Waals surface area contributed by atoms with Crippen LogP contribution in [0.25, 0.3) is 0 Å². The van der Waals surface area contributed by atoms with Crippen LogP contribution in [-0.4, -0.2) is 56.3 Å². The minimum atomic E-state index is -0.234. The first-order valence-corrected chi connectivity index (χ1v) is 10.5. The summed E-state index contributed by atoms with van der Waals surface area (Å²) in [4.78, 5) is 17.0. The van der Waals surface area contributed by atoms with Crippen molar-refractivity contribution in [1.82, 2.24) is 9.80 Å². The smallest absolute Gasteiger partial charge is 0.255 e. The zero-order chi connectivity index (χ0) is 22.5. The number of ether oxygens (including phenoxy) is 2. The van der Waals surface area contributed by atoms with Crippen molar-refractivity contribution in [3.63, 3.8) is 0 Å². The number of nitrogens with zero attached hydrogens (tertiary/aromatic N) is 2. The van der Waals surface area contributed by atoms with Crippen molar-refractivity contribution in [2.24, 2.45) is 0 Å². The number of rotatable bonds is 8. The summed E-state index contributed by atoms with van der Waals surface area (Å²) in [5.41, 5.74) is 2.06. The number of fused-ring (bicyclic) bond motifs is 1. The van der Waals surface area contributed by atoms with Crippen molar-refractivity contribution in [2.45, 2.75) is 6.35 Å². The first kappa shape index (κ1) is 21.7. The van der Waals surface area contributed by atoms with Crippen molar-refractivity contribution >= 4 is 17.3 Å². The Hall–Kier alpha value is -3.55. The summed E-state index contributed by atoms with van der Waals surface area (Å²) in [5, 5.41) is 6.31. The van der Waals surface area contributed by atoms with Gasteiger partial charge in [-0.15, -0.1) is 0 Å². The molecule has 0 bridgehead atoms. The number of benzene rings is 3. The van der Waals surface area contributed by atoms with Crippen LogP contribution in [0.2, 0.25) is 0 Å². The van der Waals surface area contributed by atoms with Crippen molar-refractivity contribution in [2.75, 3.05) is 44.9 Å². The number of carbonyl (C=O) groups excluding carboxylic acids is 1. The van der Waals surface area contributed by atoms with Gasteiger partial charge in [0.15, 0.2) is 0 Å². The molecular weight excluding hydrogens is 404 g/mol. The lowest BCUT2D eigenvalue weighted by Crippen LogP contribution is -2.42. The number of hydrogen-bond donors (Lipinski definition) is 2. The Morgan fingerprint density at radius 3 is 2.53 bits per heavy atom. The second-order valence-electron chi connectivity index (χ2n) is 8.01. The van der Waals surface area contributed by atoms with E-state index in [0.29, 0.717) is 17.0 Å². The van der Waals surface area contributed by atoms with Gasteiger partial charge < -0.3 is 25.0 Å². The average Bonchev–Trinajstić information content (AvgIpc) is 3.22. The topological polar surface area (TPSA) is 66.1 Å². The normalized spacial score (nSPS) is 14.6. The molecule has 166 valence electrons. The number of anilines is 2. The van der Waals surface area contributed by atoms with Gasteiger partial charge in [0.05, 0.1) is 5.69 Å². The molecule has 0 fully saturated rings. The molecule has 1 unspecified atom stereocenters. The van der Waals surface area contributed by atoms with Crippen LogP contribution in [0, 0.1) is 0 Å². The van der Waals surface area contributed by atoms with Gasteiger partial charge in [-0.05, 0) is 69.7 Å². The van der Waals surface area contributed by atoms with Crippen LogP contribution >= 0.6 is 0 Å². The quantitative estimate of drug-likeness (QED) is 0.553. The minimum Gasteiger partial charge on any atom is -0.457 e. The van der Waals surface area contributed by atoms with Crippen molar-refractivity contribution in [1.29, 1.82) is 0 Å². The van der Waals surface area contributed by atoms with Crippen LogP contribution in [0.1, 0.15) is 10.4 Å². The molecule has 1 atom stereocenters. The van der Waals surface area contributed by atoms with Crippen LogP contribution < -0.4 is 20.1 Å². The summed E-state index contributed by atoms with van der Waals surface area (Å²) in [5.74, 6) is 1.89. The molecule has 0 spiro atoms. The second kappa shape index (κ2) is 9.72. The third-order valence-electron chi connectivity index (χ3n) is 5.13. The first-order valence-electron chi connectivity index (χ1n) is 10.5. The SMILES string of the molecule is CN(C)CCN(C)C1Nc2cc(NC(=O)c3cccc(Oc4ccccc4)c3)ccc2O1. The summed E-state index contributed by atoms with van der Waals surface area (Å²) >= 11 is 0. The fourth-order valence-electron chi connectivity index (χ4n) is 3.31. The third-order valence-corrected chi connectivity index (χ3v) is 5.13. The summed E-state index contributed by atoms with van der Waals surface area (Å²) < 4.78 is 11.8. The van der Waals surface area contributed by atoms with Crippen molar-refractivity contribution in [3.05, 3.63) is 78.4 Å².